The molecule has 1 aromatic carbocycles. The fourth-order valence-electron chi connectivity index (χ4n) is 2.93. The van der Waals surface area contributed by atoms with E-state index in [-0.39, 0.29) is 31.3 Å². The number of rotatable bonds is 5. The predicted octanol–water partition coefficient (Wildman–Crippen LogP) is 2.45. The SMILES string of the molecule is COCOc1ccccc1C1(c2ccsc2)CC(=O)CC(=O)N1. The first-order valence-corrected chi connectivity index (χ1v) is 8.16. The monoisotopic (exact) mass is 331 g/mol. The molecule has 0 bridgehead atoms. The van der Waals surface area contributed by atoms with Gasteiger partial charge in [-0.2, -0.15) is 11.3 Å². The summed E-state index contributed by atoms with van der Waals surface area (Å²) in [5.41, 5.74) is 0.755. The standard InChI is InChI=1S/C17H17NO4S/c1-21-11-22-15-5-3-2-4-14(15)17(12-6-7-23-10-12)9-13(19)8-16(20)18-17/h2-7,10H,8-9,11H2,1H3,(H,18,20). The summed E-state index contributed by atoms with van der Waals surface area (Å²) in [5, 5.41) is 6.90. The second kappa shape index (κ2) is 6.52. The molecule has 5 nitrogen and oxygen atoms in total. The van der Waals surface area contributed by atoms with Gasteiger partial charge >= 0.3 is 0 Å². The van der Waals surface area contributed by atoms with E-state index in [1.165, 1.54) is 11.3 Å². The van der Waals surface area contributed by atoms with E-state index in [1.54, 1.807) is 7.11 Å². The van der Waals surface area contributed by atoms with Gasteiger partial charge in [-0.3, -0.25) is 9.59 Å². The fourth-order valence-corrected chi connectivity index (χ4v) is 3.66. The summed E-state index contributed by atoms with van der Waals surface area (Å²) in [6.45, 7) is 0.0959. The van der Waals surface area contributed by atoms with E-state index in [1.807, 2.05) is 41.1 Å². The molecule has 23 heavy (non-hydrogen) atoms. The van der Waals surface area contributed by atoms with Crippen LogP contribution in [0.15, 0.2) is 41.1 Å². The first-order valence-electron chi connectivity index (χ1n) is 7.22. The van der Waals surface area contributed by atoms with Crippen LogP contribution in [0.5, 0.6) is 5.75 Å². The van der Waals surface area contributed by atoms with Gasteiger partial charge in [0.2, 0.25) is 5.91 Å². The smallest absolute Gasteiger partial charge is 0.228 e. The molecule has 3 rings (SSSR count). The maximum absolute atomic E-state index is 12.2. The molecule has 2 heterocycles. The van der Waals surface area contributed by atoms with Crippen LogP contribution in [0.25, 0.3) is 0 Å². The maximum atomic E-state index is 12.2. The van der Waals surface area contributed by atoms with Crippen LogP contribution in [0, 0.1) is 0 Å². The lowest BCUT2D eigenvalue weighted by Gasteiger charge is -2.38. The normalized spacial score (nSPS) is 21.1. The average molecular weight is 331 g/mol. The highest BCUT2D eigenvalue weighted by Gasteiger charge is 2.44. The number of methoxy groups -OCH3 is 1. The van der Waals surface area contributed by atoms with E-state index in [0.717, 1.165) is 11.1 Å². The molecular formula is C17H17NO4S. The van der Waals surface area contributed by atoms with Crippen molar-refractivity contribution in [2.45, 2.75) is 18.4 Å². The van der Waals surface area contributed by atoms with Crippen LogP contribution in [-0.2, 0) is 19.9 Å². The Hall–Kier alpha value is -2.18. The molecule has 1 saturated heterocycles. The van der Waals surface area contributed by atoms with Crippen molar-refractivity contribution in [2.24, 2.45) is 0 Å². The third-order valence-electron chi connectivity index (χ3n) is 3.87. The zero-order chi connectivity index (χ0) is 16.3. The van der Waals surface area contributed by atoms with Crippen molar-refractivity contribution in [2.75, 3.05) is 13.9 Å². The molecular weight excluding hydrogens is 314 g/mol. The van der Waals surface area contributed by atoms with Crippen LogP contribution in [0.3, 0.4) is 0 Å². The minimum absolute atomic E-state index is 0.0764. The van der Waals surface area contributed by atoms with Crippen molar-refractivity contribution in [3.05, 3.63) is 52.2 Å². The summed E-state index contributed by atoms with van der Waals surface area (Å²) in [6, 6.07) is 9.34. The van der Waals surface area contributed by atoms with Crippen LogP contribution >= 0.6 is 11.3 Å². The predicted molar refractivity (Wildman–Crippen MR) is 86.4 cm³/mol. The van der Waals surface area contributed by atoms with Gasteiger partial charge in [0, 0.05) is 19.1 Å². The molecule has 1 unspecified atom stereocenters. The quantitative estimate of drug-likeness (QED) is 0.675. The van der Waals surface area contributed by atoms with E-state index < -0.39 is 5.54 Å². The Balaban J connectivity index is 2.13. The van der Waals surface area contributed by atoms with Crippen LogP contribution in [0.2, 0.25) is 0 Å². The van der Waals surface area contributed by atoms with Crippen molar-refractivity contribution >= 4 is 23.0 Å². The van der Waals surface area contributed by atoms with Crippen LogP contribution in [0.1, 0.15) is 24.0 Å². The number of nitrogens with one attached hydrogen (secondary N) is 1. The van der Waals surface area contributed by atoms with E-state index >= 15 is 0 Å². The number of hydrogen-bond acceptors (Lipinski definition) is 5. The number of carbonyl (C=O) groups excluding carboxylic acids is 2. The number of amides is 1. The molecule has 1 atom stereocenters. The van der Waals surface area contributed by atoms with Gasteiger partial charge in [-0.1, -0.05) is 18.2 Å². The number of benzene rings is 1. The number of hydrogen-bond donors (Lipinski definition) is 1. The number of ketones is 1. The molecule has 1 N–H and O–H groups in total. The van der Waals surface area contributed by atoms with Crippen molar-refractivity contribution in [3.8, 4) is 5.75 Å². The molecule has 1 fully saturated rings. The molecule has 0 aliphatic carbocycles. The minimum Gasteiger partial charge on any atom is -0.467 e. The van der Waals surface area contributed by atoms with Crippen molar-refractivity contribution in [1.82, 2.24) is 5.32 Å². The summed E-state index contributed by atoms with van der Waals surface area (Å²) in [6.07, 6.45) is 0.135. The van der Waals surface area contributed by atoms with Gasteiger partial charge in [-0.25, -0.2) is 0 Å². The molecule has 0 saturated carbocycles. The van der Waals surface area contributed by atoms with Gasteiger partial charge in [-0.05, 0) is 28.5 Å². The van der Waals surface area contributed by atoms with E-state index in [9.17, 15) is 9.59 Å². The molecule has 1 amide bonds. The molecule has 6 heteroatoms. The van der Waals surface area contributed by atoms with Crippen LogP contribution in [0.4, 0.5) is 0 Å². The summed E-state index contributed by atoms with van der Waals surface area (Å²) in [4.78, 5) is 24.2. The summed E-state index contributed by atoms with van der Waals surface area (Å²) in [7, 11) is 1.54. The lowest BCUT2D eigenvalue weighted by Crippen LogP contribution is -2.52. The second-order valence-electron chi connectivity index (χ2n) is 5.40. The second-order valence-corrected chi connectivity index (χ2v) is 6.18. The van der Waals surface area contributed by atoms with Gasteiger partial charge in [0.25, 0.3) is 0 Å². The molecule has 0 radical (unpaired) electrons. The summed E-state index contributed by atoms with van der Waals surface area (Å²) in [5.74, 6) is 0.242. The average Bonchev–Trinajstić information content (AvgIpc) is 3.07. The highest BCUT2D eigenvalue weighted by Crippen LogP contribution is 2.41. The Morgan fingerprint density at radius 1 is 1.26 bits per heavy atom. The topological polar surface area (TPSA) is 64.6 Å². The molecule has 120 valence electrons. The Morgan fingerprint density at radius 2 is 2.09 bits per heavy atom. The van der Waals surface area contributed by atoms with E-state index in [2.05, 4.69) is 5.32 Å². The fraction of sp³-hybridized carbons (Fsp3) is 0.294. The van der Waals surface area contributed by atoms with Crippen molar-refractivity contribution in [1.29, 1.82) is 0 Å². The highest BCUT2D eigenvalue weighted by molar-refractivity contribution is 7.08. The maximum Gasteiger partial charge on any atom is 0.228 e. The summed E-state index contributed by atoms with van der Waals surface area (Å²) >= 11 is 1.52. The zero-order valence-corrected chi connectivity index (χ0v) is 13.5. The number of Topliss-reactive ketones (excluding diaryl/α,β-unsaturated/α-hetero) is 1. The van der Waals surface area contributed by atoms with Gasteiger partial charge in [0.05, 0.1) is 6.42 Å². The number of ether oxygens (including phenoxy) is 2. The number of thiophene rings is 1. The van der Waals surface area contributed by atoms with Gasteiger partial charge in [-0.15, -0.1) is 0 Å². The van der Waals surface area contributed by atoms with Gasteiger partial charge in [0.15, 0.2) is 6.79 Å². The molecule has 1 aliphatic rings. The highest BCUT2D eigenvalue weighted by atomic mass is 32.1. The third kappa shape index (κ3) is 3.00. The Morgan fingerprint density at radius 3 is 2.78 bits per heavy atom. The number of para-hydroxylation sites is 1. The molecule has 2 aromatic rings. The minimum atomic E-state index is -0.892. The lowest BCUT2D eigenvalue weighted by atomic mass is 9.77. The zero-order valence-electron chi connectivity index (χ0n) is 12.7. The van der Waals surface area contributed by atoms with Crippen LogP contribution in [-0.4, -0.2) is 25.6 Å². The molecule has 1 aliphatic heterocycles. The number of piperidine rings is 1. The summed E-state index contributed by atoms with van der Waals surface area (Å²) < 4.78 is 10.6. The first-order chi connectivity index (χ1) is 11.2. The third-order valence-corrected chi connectivity index (χ3v) is 4.55. The molecule has 1 aromatic heterocycles. The lowest BCUT2D eigenvalue weighted by molar-refractivity contribution is -0.133. The molecule has 0 spiro atoms. The van der Waals surface area contributed by atoms with Crippen molar-refractivity contribution < 1.29 is 19.1 Å². The largest absolute Gasteiger partial charge is 0.467 e. The van der Waals surface area contributed by atoms with E-state index in [4.69, 9.17) is 9.47 Å². The number of carbonyl (C=O) groups is 2. The van der Waals surface area contributed by atoms with Crippen LogP contribution < -0.4 is 10.1 Å². The van der Waals surface area contributed by atoms with Gasteiger partial charge < -0.3 is 14.8 Å². The Labute approximate surface area is 138 Å². The van der Waals surface area contributed by atoms with E-state index in [0.29, 0.717) is 5.75 Å². The van der Waals surface area contributed by atoms with Gasteiger partial charge in [0.1, 0.15) is 17.1 Å². The Kier molecular flexibility index (Phi) is 4.45. The first kappa shape index (κ1) is 15.7. The Bertz CT molecular complexity index is 695. The van der Waals surface area contributed by atoms with Crippen molar-refractivity contribution in [3.63, 3.8) is 0 Å².